The highest BCUT2D eigenvalue weighted by Crippen LogP contribution is 2.19. The number of ether oxygens (including phenoxy) is 1. The number of carbonyl (C=O) groups excluding carboxylic acids is 1. The van der Waals surface area contributed by atoms with Crippen molar-refractivity contribution >= 4 is 36.4 Å². The lowest BCUT2D eigenvalue weighted by Gasteiger charge is -2.26. The second-order valence-corrected chi connectivity index (χ2v) is 6.13. The van der Waals surface area contributed by atoms with Crippen molar-refractivity contribution in [2.45, 2.75) is 39.3 Å². The Hall–Kier alpha value is -0.850. The molecule has 1 saturated heterocycles. The van der Waals surface area contributed by atoms with Crippen molar-refractivity contribution in [3.63, 3.8) is 0 Å². The normalized spacial score (nSPS) is 15.8. The molecule has 0 aliphatic carbocycles. The smallest absolute Gasteiger partial charge is 0.241 e. The Morgan fingerprint density at radius 2 is 1.92 bits per heavy atom. The van der Waals surface area contributed by atoms with E-state index in [1.54, 1.807) is 0 Å². The Balaban J connectivity index is 0.00000288. The predicted octanol–water partition coefficient (Wildman–Crippen LogP) is 3.06. The molecule has 25 heavy (non-hydrogen) atoms. The molecular weight excluding hydrogens is 361 g/mol. The third-order valence-corrected chi connectivity index (χ3v) is 4.57. The van der Waals surface area contributed by atoms with E-state index >= 15 is 0 Å². The van der Waals surface area contributed by atoms with E-state index < -0.39 is 6.04 Å². The number of nitrogens with zero attached hydrogens (tertiary/aromatic N) is 1. The quantitative estimate of drug-likeness (QED) is 0.749. The minimum atomic E-state index is -0.467. The van der Waals surface area contributed by atoms with Crippen molar-refractivity contribution in [1.82, 2.24) is 4.90 Å². The maximum atomic E-state index is 12.4. The molecule has 1 fully saturated rings. The molecule has 0 saturated carbocycles. The molecule has 7 heteroatoms. The maximum Gasteiger partial charge on any atom is 0.241 e. The van der Waals surface area contributed by atoms with Gasteiger partial charge in [0.1, 0.15) is 0 Å². The summed E-state index contributed by atoms with van der Waals surface area (Å²) in [5.74, 6) is 0.111. The molecule has 1 amide bonds. The van der Waals surface area contributed by atoms with Crippen LogP contribution in [-0.4, -0.2) is 43.2 Å². The second kappa shape index (κ2) is 12.5. The molecule has 5 nitrogen and oxygen atoms in total. The van der Waals surface area contributed by atoms with E-state index in [2.05, 4.69) is 30.1 Å². The fourth-order valence-corrected chi connectivity index (χ4v) is 2.97. The Bertz CT molecular complexity index is 507. The summed E-state index contributed by atoms with van der Waals surface area (Å²) in [4.78, 5) is 14.7. The van der Waals surface area contributed by atoms with Gasteiger partial charge in [-0.3, -0.25) is 9.69 Å². The van der Waals surface area contributed by atoms with Crippen LogP contribution in [0.5, 0.6) is 0 Å². The first-order chi connectivity index (χ1) is 11.1. The molecule has 1 atom stereocenters. The molecule has 144 valence electrons. The van der Waals surface area contributed by atoms with Crippen LogP contribution in [0.4, 0.5) is 5.69 Å². The molecule has 3 N–H and O–H groups in total. The molecule has 1 unspecified atom stereocenters. The molecule has 1 heterocycles. The highest BCUT2D eigenvalue weighted by molar-refractivity contribution is 5.94. The maximum absolute atomic E-state index is 12.4. The third-order valence-electron chi connectivity index (χ3n) is 4.57. The largest absolute Gasteiger partial charge is 0.381 e. The second-order valence-electron chi connectivity index (χ2n) is 6.13. The van der Waals surface area contributed by atoms with Crippen molar-refractivity contribution in [2.24, 2.45) is 11.7 Å². The number of carbonyl (C=O) groups is 1. The Morgan fingerprint density at radius 3 is 2.52 bits per heavy atom. The zero-order valence-corrected chi connectivity index (χ0v) is 16.7. The van der Waals surface area contributed by atoms with E-state index in [1.807, 2.05) is 18.2 Å². The van der Waals surface area contributed by atoms with Gasteiger partial charge in [0.25, 0.3) is 0 Å². The van der Waals surface area contributed by atoms with Crippen molar-refractivity contribution in [3.8, 4) is 0 Å². The van der Waals surface area contributed by atoms with Crippen LogP contribution in [0.2, 0.25) is 0 Å². The number of halogens is 2. The fourth-order valence-electron chi connectivity index (χ4n) is 2.97. The summed E-state index contributed by atoms with van der Waals surface area (Å²) in [7, 11) is 0. The summed E-state index contributed by atoms with van der Waals surface area (Å²) in [6.45, 7) is 8.63. The average Bonchev–Trinajstić information content (AvgIpc) is 2.60. The number of rotatable bonds is 7. The number of hydrogen-bond acceptors (Lipinski definition) is 4. The van der Waals surface area contributed by atoms with Gasteiger partial charge in [-0.15, -0.1) is 24.8 Å². The number of hydrogen-bond donors (Lipinski definition) is 2. The topological polar surface area (TPSA) is 67.6 Å². The number of nitrogens with one attached hydrogen (secondary N) is 1. The van der Waals surface area contributed by atoms with Gasteiger partial charge in [0.2, 0.25) is 5.91 Å². The lowest BCUT2D eigenvalue weighted by Crippen LogP contribution is -2.44. The minimum Gasteiger partial charge on any atom is -0.381 e. The highest BCUT2D eigenvalue weighted by atomic mass is 35.5. The molecule has 0 aromatic heterocycles. The van der Waals surface area contributed by atoms with Crippen LogP contribution in [0, 0.1) is 5.92 Å². The van der Waals surface area contributed by atoms with E-state index in [1.165, 1.54) is 5.56 Å². The van der Waals surface area contributed by atoms with Crippen LogP contribution in [0.1, 0.15) is 32.3 Å². The van der Waals surface area contributed by atoms with Crippen LogP contribution >= 0.6 is 24.8 Å². The van der Waals surface area contributed by atoms with E-state index in [4.69, 9.17) is 10.5 Å². The van der Waals surface area contributed by atoms with E-state index in [-0.39, 0.29) is 36.6 Å². The molecule has 1 aromatic rings. The first-order valence-corrected chi connectivity index (χ1v) is 8.59. The van der Waals surface area contributed by atoms with Crippen molar-refractivity contribution < 1.29 is 9.53 Å². The van der Waals surface area contributed by atoms with Crippen LogP contribution in [0.15, 0.2) is 24.3 Å². The van der Waals surface area contributed by atoms with E-state index in [0.29, 0.717) is 13.2 Å². The van der Waals surface area contributed by atoms with Gasteiger partial charge < -0.3 is 15.8 Å². The van der Waals surface area contributed by atoms with Gasteiger partial charge in [-0.05, 0) is 49.5 Å². The average molecular weight is 392 g/mol. The van der Waals surface area contributed by atoms with Crippen molar-refractivity contribution in [3.05, 3.63) is 29.8 Å². The van der Waals surface area contributed by atoms with Gasteiger partial charge in [-0.25, -0.2) is 0 Å². The summed E-state index contributed by atoms with van der Waals surface area (Å²) in [5.41, 5.74) is 8.15. The molecule has 2 rings (SSSR count). The first kappa shape index (κ1) is 24.1. The standard InChI is InChI=1S/C18H29N3O2.2ClH/c1-3-21(4-2)13-14-6-5-7-16(12-14)20-18(22)17(19)15-8-10-23-11-9-15;;/h5-7,12,15,17H,3-4,8-11,13,19H2,1-2H3,(H,20,22);2*1H. The summed E-state index contributed by atoms with van der Waals surface area (Å²) in [6, 6.07) is 7.55. The minimum absolute atomic E-state index is 0. The molecule has 1 aliphatic heterocycles. The number of benzene rings is 1. The lowest BCUT2D eigenvalue weighted by atomic mass is 9.92. The summed E-state index contributed by atoms with van der Waals surface area (Å²) < 4.78 is 5.33. The Labute approximate surface area is 163 Å². The first-order valence-electron chi connectivity index (χ1n) is 8.59. The van der Waals surface area contributed by atoms with Crippen LogP contribution < -0.4 is 11.1 Å². The van der Waals surface area contributed by atoms with Crippen LogP contribution in [0.3, 0.4) is 0 Å². The van der Waals surface area contributed by atoms with Gasteiger partial charge in [0.15, 0.2) is 0 Å². The fraction of sp³-hybridized carbons (Fsp3) is 0.611. The molecule has 0 spiro atoms. The molecular formula is C18H31Cl2N3O2. The van der Waals surface area contributed by atoms with Gasteiger partial charge in [-0.1, -0.05) is 26.0 Å². The predicted molar refractivity (Wildman–Crippen MR) is 108 cm³/mol. The summed E-state index contributed by atoms with van der Waals surface area (Å²) in [6.07, 6.45) is 1.72. The van der Waals surface area contributed by atoms with Crippen molar-refractivity contribution in [1.29, 1.82) is 0 Å². The van der Waals surface area contributed by atoms with Gasteiger partial charge in [0, 0.05) is 25.4 Å². The monoisotopic (exact) mass is 391 g/mol. The molecule has 1 aliphatic rings. The van der Waals surface area contributed by atoms with E-state index in [0.717, 1.165) is 38.2 Å². The zero-order chi connectivity index (χ0) is 16.7. The van der Waals surface area contributed by atoms with E-state index in [9.17, 15) is 4.79 Å². The Kier molecular flexibility index (Phi) is 12.1. The van der Waals surface area contributed by atoms with Gasteiger partial charge >= 0.3 is 0 Å². The summed E-state index contributed by atoms with van der Waals surface area (Å²) in [5, 5.41) is 2.97. The molecule has 0 bridgehead atoms. The van der Waals surface area contributed by atoms with Gasteiger partial charge in [-0.2, -0.15) is 0 Å². The number of anilines is 1. The zero-order valence-electron chi connectivity index (χ0n) is 15.1. The van der Waals surface area contributed by atoms with Crippen molar-refractivity contribution in [2.75, 3.05) is 31.6 Å². The SMILES string of the molecule is CCN(CC)Cc1cccc(NC(=O)C(N)C2CCOCC2)c1.Cl.Cl. The molecule has 0 radical (unpaired) electrons. The van der Waals surface area contributed by atoms with Gasteiger partial charge in [0.05, 0.1) is 6.04 Å². The lowest BCUT2D eigenvalue weighted by molar-refractivity contribution is -0.119. The highest BCUT2D eigenvalue weighted by Gasteiger charge is 2.26. The summed E-state index contributed by atoms with van der Waals surface area (Å²) >= 11 is 0. The Morgan fingerprint density at radius 1 is 1.28 bits per heavy atom. The van der Waals surface area contributed by atoms with Crippen LogP contribution in [-0.2, 0) is 16.1 Å². The van der Waals surface area contributed by atoms with Crippen LogP contribution in [0.25, 0.3) is 0 Å². The number of nitrogens with two attached hydrogens (primary N) is 1. The molecule has 1 aromatic carbocycles. The number of amides is 1. The third kappa shape index (κ3) is 7.50.